The van der Waals surface area contributed by atoms with Crippen molar-refractivity contribution in [2.75, 3.05) is 7.05 Å². The lowest BCUT2D eigenvalue weighted by Crippen LogP contribution is -2.45. The Morgan fingerprint density at radius 1 is 1.47 bits per heavy atom. The second-order valence-corrected chi connectivity index (χ2v) is 4.89. The van der Waals surface area contributed by atoms with E-state index in [1.807, 2.05) is 13.8 Å². The molecular weight excluding hydrogens is 248 g/mol. The molecule has 19 heavy (non-hydrogen) atoms. The minimum absolute atomic E-state index is 0.0578. The third kappa shape index (κ3) is 5.03. The fourth-order valence-electron chi connectivity index (χ4n) is 1.64. The monoisotopic (exact) mass is 268 g/mol. The Morgan fingerprint density at radius 3 is 2.63 bits per heavy atom. The van der Waals surface area contributed by atoms with Gasteiger partial charge in [-0.3, -0.25) is 4.79 Å². The topological polar surface area (TPSA) is 82.8 Å². The highest BCUT2D eigenvalue weighted by Crippen LogP contribution is 2.08. The number of carbonyl (C=O) groups excluding carboxylic acids is 1. The van der Waals surface area contributed by atoms with E-state index in [-0.39, 0.29) is 24.4 Å². The van der Waals surface area contributed by atoms with Gasteiger partial charge in [-0.25, -0.2) is 4.79 Å². The number of carboxylic acid groups (broad SMARTS) is 1. The van der Waals surface area contributed by atoms with Crippen LogP contribution in [-0.4, -0.2) is 35.1 Å². The van der Waals surface area contributed by atoms with E-state index in [4.69, 9.17) is 9.52 Å². The summed E-state index contributed by atoms with van der Waals surface area (Å²) in [5, 5.41) is 11.5. The largest absolute Gasteiger partial charge is 0.481 e. The van der Waals surface area contributed by atoms with Gasteiger partial charge in [0.1, 0.15) is 0 Å². The zero-order valence-electron chi connectivity index (χ0n) is 11.4. The Kier molecular flexibility index (Phi) is 5.41. The molecule has 106 valence electrons. The van der Waals surface area contributed by atoms with E-state index < -0.39 is 5.97 Å². The number of aliphatic carboxylic acids is 1. The van der Waals surface area contributed by atoms with Gasteiger partial charge in [0.15, 0.2) is 0 Å². The van der Waals surface area contributed by atoms with Gasteiger partial charge in [0, 0.05) is 18.7 Å². The smallest absolute Gasteiger partial charge is 0.317 e. The molecule has 1 aromatic heterocycles. The normalized spacial score (nSPS) is 12.2. The highest BCUT2D eigenvalue weighted by Gasteiger charge is 2.21. The predicted molar refractivity (Wildman–Crippen MR) is 69.6 cm³/mol. The van der Waals surface area contributed by atoms with Crippen LogP contribution in [0.15, 0.2) is 23.0 Å². The maximum atomic E-state index is 12.0. The average molecular weight is 268 g/mol. The summed E-state index contributed by atoms with van der Waals surface area (Å²) in [6.07, 6.45) is 3.03. The first-order valence-corrected chi connectivity index (χ1v) is 6.14. The van der Waals surface area contributed by atoms with E-state index in [1.165, 1.54) is 4.90 Å². The summed E-state index contributed by atoms with van der Waals surface area (Å²) >= 11 is 0. The molecule has 0 aliphatic rings. The first-order valence-electron chi connectivity index (χ1n) is 6.14. The number of hydrogen-bond donors (Lipinski definition) is 2. The highest BCUT2D eigenvalue weighted by molar-refractivity contribution is 5.75. The van der Waals surface area contributed by atoms with Gasteiger partial charge in [0.2, 0.25) is 0 Å². The Labute approximate surface area is 112 Å². The first kappa shape index (κ1) is 15.1. The average Bonchev–Trinajstić information content (AvgIpc) is 2.79. The molecule has 0 radical (unpaired) electrons. The van der Waals surface area contributed by atoms with Gasteiger partial charge in [0.25, 0.3) is 0 Å². The number of furan rings is 1. The van der Waals surface area contributed by atoms with E-state index in [1.54, 1.807) is 25.6 Å². The lowest BCUT2D eigenvalue weighted by Gasteiger charge is -2.24. The molecule has 6 heteroatoms. The summed E-state index contributed by atoms with van der Waals surface area (Å²) in [4.78, 5) is 24.2. The van der Waals surface area contributed by atoms with Gasteiger partial charge in [-0.05, 0) is 12.0 Å². The Balaban J connectivity index is 2.53. The summed E-state index contributed by atoms with van der Waals surface area (Å²) in [7, 11) is 1.65. The zero-order valence-corrected chi connectivity index (χ0v) is 11.4. The SMILES string of the molecule is CC(C)C(CC(=O)O)NC(=O)N(C)Cc1ccoc1. The molecule has 1 aromatic rings. The summed E-state index contributed by atoms with van der Waals surface area (Å²) < 4.78 is 4.93. The van der Waals surface area contributed by atoms with Crippen LogP contribution in [0.3, 0.4) is 0 Å². The van der Waals surface area contributed by atoms with Crippen molar-refractivity contribution in [2.24, 2.45) is 5.92 Å². The Bertz CT molecular complexity index is 414. The molecule has 0 saturated carbocycles. The number of hydrogen-bond acceptors (Lipinski definition) is 3. The fourth-order valence-corrected chi connectivity index (χ4v) is 1.64. The molecule has 2 amide bonds. The van der Waals surface area contributed by atoms with Crippen LogP contribution in [-0.2, 0) is 11.3 Å². The van der Waals surface area contributed by atoms with Gasteiger partial charge in [0.05, 0.1) is 25.5 Å². The quantitative estimate of drug-likeness (QED) is 0.825. The molecule has 1 rings (SSSR count). The molecule has 0 spiro atoms. The van der Waals surface area contributed by atoms with Gasteiger partial charge < -0.3 is 19.7 Å². The van der Waals surface area contributed by atoms with Crippen LogP contribution in [0, 0.1) is 5.92 Å². The number of carboxylic acids is 1. The van der Waals surface area contributed by atoms with Crippen molar-refractivity contribution in [2.45, 2.75) is 32.9 Å². The second kappa shape index (κ2) is 6.82. The zero-order chi connectivity index (χ0) is 14.4. The van der Waals surface area contributed by atoms with E-state index in [9.17, 15) is 9.59 Å². The van der Waals surface area contributed by atoms with Crippen LogP contribution < -0.4 is 5.32 Å². The Hall–Kier alpha value is -1.98. The first-order chi connectivity index (χ1) is 8.90. The minimum Gasteiger partial charge on any atom is -0.481 e. The molecule has 0 fully saturated rings. The maximum Gasteiger partial charge on any atom is 0.317 e. The lowest BCUT2D eigenvalue weighted by molar-refractivity contribution is -0.137. The Morgan fingerprint density at radius 2 is 2.16 bits per heavy atom. The van der Waals surface area contributed by atoms with Crippen LogP contribution in [0.2, 0.25) is 0 Å². The third-order valence-electron chi connectivity index (χ3n) is 2.85. The van der Waals surface area contributed by atoms with Crippen molar-refractivity contribution in [1.82, 2.24) is 10.2 Å². The summed E-state index contributed by atoms with van der Waals surface area (Å²) in [5.41, 5.74) is 0.886. The van der Waals surface area contributed by atoms with Gasteiger partial charge in [-0.1, -0.05) is 13.8 Å². The van der Waals surface area contributed by atoms with Crippen molar-refractivity contribution in [3.63, 3.8) is 0 Å². The van der Waals surface area contributed by atoms with E-state index in [0.29, 0.717) is 6.54 Å². The van der Waals surface area contributed by atoms with E-state index in [0.717, 1.165) is 5.56 Å². The minimum atomic E-state index is -0.920. The molecule has 0 bridgehead atoms. The number of carbonyl (C=O) groups is 2. The van der Waals surface area contributed by atoms with Gasteiger partial charge in [-0.2, -0.15) is 0 Å². The summed E-state index contributed by atoms with van der Waals surface area (Å²) in [5.74, 6) is -0.862. The van der Waals surface area contributed by atoms with Gasteiger partial charge in [-0.15, -0.1) is 0 Å². The molecule has 0 aliphatic carbocycles. The number of amides is 2. The molecule has 6 nitrogen and oxygen atoms in total. The maximum absolute atomic E-state index is 12.0. The number of rotatable bonds is 6. The molecule has 0 saturated heterocycles. The highest BCUT2D eigenvalue weighted by atomic mass is 16.4. The molecule has 0 aromatic carbocycles. The number of nitrogens with zero attached hydrogens (tertiary/aromatic N) is 1. The second-order valence-electron chi connectivity index (χ2n) is 4.89. The van der Waals surface area contributed by atoms with Crippen LogP contribution >= 0.6 is 0 Å². The number of urea groups is 1. The van der Waals surface area contributed by atoms with Crippen LogP contribution in [0.25, 0.3) is 0 Å². The van der Waals surface area contributed by atoms with E-state index in [2.05, 4.69) is 5.32 Å². The van der Waals surface area contributed by atoms with Crippen molar-refractivity contribution < 1.29 is 19.1 Å². The van der Waals surface area contributed by atoms with Crippen molar-refractivity contribution in [3.8, 4) is 0 Å². The molecule has 1 unspecified atom stereocenters. The third-order valence-corrected chi connectivity index (χ3v) is 2.85. The summed E-state index contributed by atoms with van der Waals surface area (Å²) in [6, 6.07) is 1.11. The standard InChI is InChI=1S/C13H20N2O4/c1-9(2)11(6-12(16)17)14-13(18)15(3)7-10-4-5-19-8-10/h4-5,8-9,11H,6-7H2,1-3H3,(H,14,18)(H,16,17). The van der Waals surface area contributed by atoms with Crippen molar-refractivity contribution >= 4 is 12.0 Å². The number of nitrogens with one attached hydrogen (secondary N) is 1. The van der Waals surface area contributed by atoms with E-state index >= 15 is 0 Å². The molecule has 1 atom stereocenters. The van der Waals surface area contributed by atoms with Crippen LogP contribution in [0.5, 0.6) is 0 Å². The molecule has 0 aliphatic heterocycles. The van der Waals surface area contributed by atoms with Crippen LogP contribution in [0.1, 0.15) is 25.8 Å². The molecule has 1 heterocycles. The van der Waals surface area contributed by atoms with Gasteiger partial charge >= 0.3 is 12.0 Å². The summed E-state index contributed by atoms with van der Waals surface area (Å²) in [6.45, 7) is 4.17. The predicted octanol–water partition coefficient (Wildman–Crippen LogP) is 1.92. The molecular formula is C13H20N2O4. The van der Waals surface area contributed by atoms with Crippen LogP contribution in [0.4, 0.5) is 4.79 Å². The van der Waals surface area contributed by atoms with Crippen molar-refractivity contribution in [1.29, 1.82) is 0 Å². The van der Waals surface area contributed by atoms with Crippen molar-refractivity contribution in [3.05, 3.63) is 24.2 Å². The lowest BCUT2D eigenvalue weighted by atomic mass is 10.0. The fraction of sp³-hybridized carbons (Fsp3) is 0.538. The molecule has 2 N–H and O–H groups in total.